The molecule has 3 aliphatic rings. The van der Waals surface area contributed by atoms with Crippen LogP contribution in [0.15, 0.2) is 12.1 Å². The van der Waals surface area contributed by atoms with E-state index in [4.69, 9.17) is 16.3 Å². The fourth-order valence-corrected chi connectivity index (χ4v) is 5.31. The van der Waals surface area contributed by atoms with Gasteiger partial charge >= 0.3 is 0 Å². The SMILES string of the molecule is COc1cc(C(=O)N2CCC3(CC2)CCN(C(=O)C2CSC(=O)N2)C3)cc(Cl)n1. The standard InChI is InChI=1S/C19H23ClN4O4S/c1-28-15-9-12(8-14(20)22-15)16(25)23-5-2-19(3-6-23)4-7-24(11-19)17(26)13-10-29-18(27)21-13/h8-9,13H,2-7,10-11H2,1H3,(H,21,27). The van der Waals surface area contributed by atoms with Gasteiger partial charge in [-0.2, -0.15) is 0 Å². The van der Waals surface area contributed by atoms with Crippen molar-refractivity contribution < 1.29 is 19.1 Å². The van der Waals surface area contributed by atoms with E-state index in [0.29, 0.717) is 43.4 Å². The molecule has 1 N–H and O–H groups in total. The van der Waals surface area contributed by atoms with Crippen molar-refractivity contribution in [3.63, 3.8) is 0 Å². The van der Waals surface area contributed by atoms with Crippen LogP contribution in [0.5, 0.6) is 5.88 Å². The van der Waals surface area contributed by atoms with Crippen LogP contribution in [0.3, 0.4) is 0 Å². The van der Waals surface area contributed by atoms with Crippen LogP contribution in [0.2, 0.25) is 5.15 Å². The zero-order valence-electron chi connectivity index (χ0n) is 16.1. The summed E-state index contributed by atoms with van der Waals surface area (Å²) in [7, 11) is 1.49. The van der Waals surface area contributed by atoms with Gasteiger partial charge in [0, 0.05) is 43.6 Å². The first-order valence-corrected chi connectivity index (χ1v) is 11.0. The Hall–Kier alpha value is -2.00. The van der Waals surface area contributed by atoms with Crippen molar-refractivity contribution >= 4 is 40.4 Å². The number of ether oxygens (including phenoxy) is 1. The second-order valence-electron chi connectivity index (χ2n) is 7.82. The highest BCUT2D eigenvalue weighted by molar-refractivity contribution is 8.14. The largest absolute Gasteiger partial charge is 0.481 e. The van der Waals surface area contributed by atoms with Gasteiger partial charge in [0.15, 0.2) is 0 Å². The van der Waals surface area contributed by atoms with Gasteiger partial charge < -0.3 is 19.9 Å². The molecule has 1 aromatic rings. The summed E-state index contributed by atoms with van der Waals surface area (Å²) in [5, 5.41) is 2.83. The number of hydrogen-bond donors (Lipinski definition) is 1. The molecule has 1 unspecified atom stereocenters. The molecule has 29 heavy (non-hydrogen) atoms. The molecule has 0 saturated carbocycles. The van der Waals surface area contributed by atoms with Gasteiger partial charge in [-0.15, -0.1) is 0 Å². The summed E-state index contributed by atoms with van der Waals surface area (Å²) < 4.78 is 5.10. The minimum absolute atomic E-state index is 0.0113. The van der Waals surface area contributed by atoms with E-state index in [1.54, 1.807) is 12.1 Å². The second-order valence-corrected chi connectivity index (χ2v) is 9.20. The first kappa shape index (κ1) is 20.3. The molecule has 1 atom stereocenters. The molecule has 3 fully saturated rings. The molecule has 4 heterocycles. The summed E-state index contributed by atoms with van der Waals surface area (Å²) in [6, 6.07) is 2.75. The van der Waals surface area contributed by atoms with Crippen LogP contribution in [0, 0.1) is 5.41 Å². The number of piperidine rings is 1. The van der Waals surface area contributed by atoms with Gasteiger partial charge in [-0.1, -0.05) is 23.4 Å². The van der Waals surface area contributed by atoms with E-state index in [9.17, 15) is 14.4 Å². The Morgan fingerprint density at radius 2 is 1.93 bits per heavy atom. The van der Waals surface area contributed by atoms with Gasteiger partial charge in [0.05, 0.1) is 7.11 Å². The quantitative estimate of drug-likeness (QED) is 0.726. The van der Waals surface area contributed by atoms with Crippen LogP contribution in [-0.2, 0) is 4.79 Å². The number of nitrogens with zero attached hydrogens (tertiary/aromatic N) is 3. The van der Waals surface area contributed by atoms with Crippen molar-refractivity contribution in [2.75, 3.05) is 39.0 Å². The predicted octanol–water partition coefficient (Wildman–Crippen LogP) is 2.02. The third-order valence-electron chi connectivity index (χ3n) is 6.06. The molecule has 1 aromatic heterocycles. The molecule has 10 heteroatoms. The number of nitrogens with one attached hydrogen (secondary N) is 1. The van der Waals surface area contributed by atoms with Crippen LogP contribution in [-0.4, -0.2) is 76.9 Å². The number of halogens is 1. The van der Waals surface area contributed by atoms with Crippen molar-refractivity contribution in [2.24, 2.45) is 5.41 Å². The van der Waals surface area contributed by atoms with Gasteiger partial charge in [-0.05, 0) is 30.7 Å². The van der Waals surface area contributed by atoms with Crippen LogP contribution < -0.4 is 10.1 Å². The molecule has 0 bridgehead atoms. The van der Waals surface area contributed by atoms with Crippen LogP contribution in [0.4, 0.5) is 4.79 Å². The highest BCUT2D eigenvalue weighted by Gasteiger charge is 2.44. The Labute approximate surface area is 178 Å². The summed E-state index contributed by atoms with van der Waals surface area (Å²) in [6.07, 6.45) is 2.64. The van der Waals surface area contributed by atoms with Crippen molar-refractivity contribution in [3.8, 4) is 5.88 Å². The maximum Gasteiger partial charge on any atom is 0.279 e. The van der Waals surface area contributed by atoms with Crippen LogP contribution >= 0.6 is 23.4 Å². The minimum Gasteiger partial charge on any atom is -0.481 e. The topological polar surface area (TPSA) is 91.8 Å². The molecule has 3 saturated heterocycles. The van der Waals surface area contributed by atoms with Gasteiger partial charge in [0.1, 0.15) is 11.2 Å². The van der Waals surface area contributed by atoms with Gasteiger partial charge in [-0.3, -0.25) is 14.4 Å². The summed E-state index contributed by atoms with van der Waals surface area (Å²) in [4.78, 5) is 44.6. The zero-order valence-corrected chi connectivity index (χ0v) is 17.7. The molecule has 0 aliphatic carbocycles. The molecular weight excluding hydrogens is 416 g/mol. The first-order valence-electron chi connectivity index (χ1n) is 9.62. The number of likely N-dealkylation sites (tertiary alicyclic amines) is 2. The van der Waals surface area contributed by atoms with Crippen molar-refractivity contribution in [1.82, 2.24) is 20.1 Å². The Morgan fingerprint density at radius 1 is 1.24 bits per heavy atom. The van der Waals surface area contributed by atoms with E-state index in [0.717, 1.165) is 31.0 Å². The van der Waals surface area contributed by atoms with Crippen LogP contribution in [0.1, 0.15) is 29.6 Å². The third-order valence-corrected chi connectivity index (χ3v) is 7.13. The van der Waals surface area contributed by atoms with Crippen LogP contribution in [0.25, 0.3) is 0 Å². The number of amides is 3. The van der Waals surface area contributed by atoms with E-state index in [2.05, 4.69) is 10.3 Å². The predicted molar refractivity (Wildman–Crippen MR) is 109 cm³/mol. The Morgan fingerprint density at radius 3 is 2.55 bits per heavy atom. The lowest BCUT2D eigenvalue weighted by atomic mass is 9.77. The number of hydrogen-bond acceptors (Lipinski definition) is 6. The molecular formula is C19H23ClN4O4S. The number of carbonyl (C=O) groups is 3. The average Bonchev–Trinajstić information content (AvgIpc) is 3.34. The Balaban J connectivity index is 1.36. The molecule has 3 aliphatic heterocycles. The highest BCUT2D eigenvalue weighted by atomic mass is 35.5. The number of pyridine rings is 1. The maximum atomic E-state index is 12.9. The smallest absolute Gasteiger partial charge is 0.279 e. The molecule has 3 amide bonds. The maximum absolute atomic E-state index is 12.9. The van der Waals surface area contributed by atoms with E-state index in [1.807, 2.05) is 9.80 Å². The zero-order chi connectivity index (χ0) is 20.6. The number of thioether (sulfide) groups is 1. The molecule has 4 rings (SSSR count). The number of rotatable bonds is 3. The lowest BCUT2D eigenvalue weighted by molar-refractivity contribution is -0.132. The third kappa shape index (κ3) is 4.16. The van der Waals surface area contributed by atoms with Gasteiger partial charge in [0.25, 0.3) is 11.1 Å². The molecule has 1 spiro atoms. The highest BCUT2D eigenvalue weighted by Crippen LogP contribution is 2.41. The fraction of sp³-hybridized carbons (Fsp3) is 0.579. The van der Waals surface area contributed by atoms with Crippen molar-refractivity contribution in [3.05, 3.63) is 22.8 Å². The molecule has 156 valence electrons. The average molecular weight is 439 g/mol. The number of methoxy groups -OCH3 is 1. The first-order chi connectivity index (χ1) is 13.9. The fourth-order valence-electron chi connectivity index (χ4n) is 4.34. The molecule has 8 nitrogen and oxygen atoms in total. The summed E-state index contributed by atoms with van der Waals surface area (Å²) in [5.74, 6) is 0.745. The van der Waals surface area contributed by atoms with Crippen molar-refractivity contribution in [1.29, 1.82) is 0 Å². The van der Waals surface area contributed by atoms with E-state index in [1.165, 1.54) is 7.11 Å². The normalized spacial score (nSPS) is 23.4. The number of aromatic nitrogens is 1. The number of carbonyl (C=O) groups excluding carboxylic acids is 3. The summed E-state index contributed by atoms with van der Waals surface area (Å²) in [5.41, 5.74) is 0.519. The Kier molecular flexibility index (Phi) is 5.61. The van der Waals surface area contributed by atoms with Gasteiger partial charge in [0.2, 0.25) is 11.8 Å². The monoisotopic (exact) mass is 438 g/mol. The van der Waals surface area contributed by atoms with E-state index in [-0.39, 0.29) is 27.6 Å². The van der Waals surface area contributed by atoms with E-state index < -0.39 is 6.04 Å². The molecule has 0 radical (unpaired) electrons. The van der Waals surface area contributed by atoms with Gasteiger partial charge in [-0.25, -0.2) is 4.98 Å². The summed E-state index contributed by atoms with van der Waals surface area (Å²) >= 11 is 7.15. The Bertz CT molecular complexity index is 843. The lowest BCUT2D eigenvalue weighted by Gasteiger charge is -2.39. The molecule has 0 aromatic carbocycles. The second kappa shape index (κ2) is 8.02. The lowest BCUT2D eigenvalue weighted by Crippen LogP contribution is -2.47. The minimum atomic E-state index is -0.407. The van der Waals surface area contributed by atoms with E-state index >= 15 is 0 Å². The van der Waals surface area contributed by atoms with Crippen molar-refractivity contribution in [2.45, 2.75) is 25.3 Å². The summed E-state index contributed by atoms with van der Waals surface area (Å²) in [6.45, 7) is 2.68.